The molecule has 6 nitrogen and oxygen atoms in total. The number of rotatable bonds is 6. The first-order valence-electron chi connectivity index (χ1n) is 10.8. The Morgan fingerprint density at radius 1 is 0.818 bits per heavy atom. The van der Waals surface area contributed by atoms with Crippen molar-refractivity contribution in [3.63, 3.8) is 0 Å². The zero-order chi connectivity index (χ0) is 22.9. The van der Waals surface area contributed by atoms with Gasteiger partial charge < -0.3 is 23.5 Å². The molecular formula is C27H25NO5. The molecule has 0 radical (unpaired) electrons. The van der Waals surface area contributed by atoms with Gasteiger partial charge in [-0.2, -0.15) is 0 Å². The highest BCUT2D eigenvalue weighted by molar-refractivity contribution is 5.89. The Labute approximate surface area is 191 Å². The molecule has 0 bridgehead atoms. The van der Waals surface area contributed by atoms with Gasteiger partial charge >= 0.3 is 0 Å². The van der Waals surface area contributed by atoms with Crippen LogP contribution in [-0.4, -0.2) is 25.9 Å². The lowest BCUT2D eigenvalue weighted by atomic mass is 9.95. The second-order valence-electron chi connectivity index (χ2n) is 7.97. The Hall–Kier alpha value is -3.93. The van der Waals surface area contributed by atoms with E-state index in [0.29, 0.717) is 41.5 Å². The molecule has 0 saturated heterocycles. The number of ether oxygens (including phenoxy) is 4. The van der Waals surface area contributed by atoms with E-state index in [0.717, 1.165) is 34.2 Å². The lowest BCUT2D eigenvalue weighted by Gasteiger charge is -2.24. The Morgan fingerprint density at radius 2 is 1.52 bits per heavy atom. The summed E-state index contributed by atoms with van der Waals surface area (Å²) >= 11 is 0. The predicted molar refractivity (Wildman–Crippen MR) is 128 cm³/mol. The Kier molecular flexibility index (Phi) is 5.42. The first-order valence-corrected chi connectivity index (χ1v) is 10.8. The minimum Gasteiger partial charge on any atom is -0.493 e. The maximum absolute atomic E-state index is 13.3. The van der Waals surface area contributed by atoms with Crippen LogP contribution in [0.4, 0.5) is 0 Å². The molecule has 33 heavy (non-hydrogen) atoms. The molecule has 0 atom stereocenters. The number of pyridine rings is 1. The van der Waals surface area contributed by atoms with Gasteiger partial charge in [-0.05, 0) is 53.3 Å². The van der Waals surface area contributed by atoms with Crippen molar-refractivity contribution in [3.8, 4) is 34.3 Å². The van der Waals surface area contributed by atoms with Crippen molar-refractivity contribution >= 4 is 10.8 Å². The molecule has 0 unspecified atom stereocenters. The van der Waals surface area contributed by atoms with Gasteiger partial charge in [-0.1, -0.05) is 30.3 Å². The van der Waals surface area contributed by atoms with Crippen LogP contribution >= 0.6 is 0 Å². The minimum absolute atomic E-state index is 0.0440. The molecule has 2 heterocycles. The average molecular weight is 443 g/mol. The van der Waals surface area contributed by atoms with Crippen LogP contribution < -0.4 is 24.5 Å². The van der Waals surface area contributed by atoms with Crippen LogP contribution in [0, 0.1) is 0 Å². The highest BCUT2D eigenvalue weighted by Crippen LogP contribution is 2.40. The lowest BCUT2D eigenvalue weighted by Crippen LogP contribution is -2.26. The maximum atomic E-state index is 13.3. The van der Waals surface area contributed by atoms with E-state index < -0.39 is 0 Å². The molecule has 1 aliphatic rings. The second-order valence-corrected chi connectivity index (χ2v) is 7.97. The number of fused-ring (bicyclic) bond motifs is 4. The fourth-order valence-electron chi connectivity index (χ4n) is 4.41. The summed E-state index contributed by atoms with van der Waals surface area (Å²) in [6.07, 6.45) is 0.729. The third-order valence-corrected chi connectivity index (χ3v) is 6.12. The topological polar surface area (TPSA) is 58.9 Å². The standard InChI is InChI=1S/C27H25NO5/c1-30-23-13-19-11-22-20-14-25(32-3)26(33-16-17-7-5-4-6-8-17)12-18(20)9-10-28(22)27(29)21(19)15-24(23)31-2/h4-8,11-15H,9-10,16H2,1-3H3. The molecule has 0 fully saturated rings. The fraction of sp³-hybridized carbons (Fsp3) is 0.222. The minimum atomic E-state index is -0.0440. The molecule has 0 aliphatic carbocycles. The second kappa shape index (κ2) is 8.54. The largest absolute Gasteiger partial charge is 0.493 e. The molecule has 3 aromatic carbocycles. The molecule has 0 amide bonds. The number of hydrogen-bond donors (Lipinski definition) is 0. The summed E-state index contributed by atoms with van der Waals surface area (Å²) < 4.78 is 24.4. The Bertz CT molecular complexity index is 1390. The van der Waals surface area contributed by atoms with Crippen LogP contribution in [0.3, 0.4) is 0 Å². The quantitative estimate of drug-likeness (QED) is 0.427. The maximum Gasteiger partial charge on any atom is 0.259 e. The predicted octanol–water partition coefficient (Wildman–Crippen LogP) is 4.83. The number of aryl methyl sites for hydroxylation is 1. The van der Waals surface area contributed by atoms with Gasteiger partial charge in [0, 0.05) is 12.1 Å². The highest BCUT2D eigenvalue weighted by atomic mass is 16.5. The van der Waals surface area contributed by atoms with Gasteiger partial charge in [0.25, 0.3) is 5.56 Å². The summed E-state index contributed by atoms with van der Waals surface area (Å²) in [5.41, 5.74) is 3.99. The smallest absolute Gasteiger partial charge is 0.259 e. The average Bonchev–Trinajstić information content (AvgIpc) is 2.86. The van der Waals surface area contributed by atoms with Gasteiger partial charge in [0.2, 0.25) is 0 Å². The fourth-order valence-corrected chi connectivity index (χ4v) is 4.41. The number of aromatic nitrogens is 1. The van der Waals surface area contributed by atoms with Gasteiger partial charge in [-0.3, -0.25) is 4.79 Å². The summed E-state index contributed by atoms with van der Waals surface area (Å²) in [5.74, 6) is 2.47. The molecule has 168 valence electrons. The van der Waals surface area contributed by atoms with E-state index in [-0.39, 0.29) is 5.56 Å². The summed E-state index contributed by atoms with van der Waals surface area (Å²) in [5, 5.41) is 1.41. The van der Waals surface area contributed by atoms with E-state index in [1.807, 2.05) is 59.2 Å². The van der Waals surface area contributed by atoms with E-state index in [1.165, 1.54) is 0 Å². The third kappa shape index (κ3) is 3.67. The molecule has 0 spiro atoms. The van der Waals surface area contributed by atoms with Crippen molar-refractivity contribution in [3.05, 3.63) is 82.1 Å². The number of nitrogens with zero attached hydrogens (tertiary/aromatic N) is 1. The molecule has 1 aliphatic heterocycles. The van der Waals surface area contributed by atoms with E-state index in [2.05, 4.69) is 0 Å². The summed E-state index contributed by atoms with van der Waals surface area (Å²) in [6.45, 7) is 1.05. The van der Waals surface area contributed by atoms with E-state index >= 15 is 0 Å². The van der Waals surface area contributed by atoms with E-state index in [4.69, 9.17) is 18.9 Å². The van der Waals surface area contributed by atoms with Crippen molar-refractivity contribution < 1.29 is 18.9 Å². The normalized spacial score (nSPS) is 12.1. The van der Waals surface area contributed by atoms with Crippen molar-refractivity contribution in [2.24, 2.45) is 0 Å². The van der Waals surface area contributed by atoms with Gasteiger partial charge in [-0.25, -0.2) is 0 Å². The van der Waals surface area contributed by atoms with Gasteiger partial charge in [0.05, 0.1) is 32.4 Å². The SMILES string of the molecule is COc1cc2cc3n(c(=O)c2cc1OC)CCc1cc(OCc2ccccc2)c(OC)cc1-3. The van der Waals surface area contributed by atoms with Crippen molar-refractivity contribution in [1.29, 1.82) is 0 Å². The van der Waals surface area contributed by atoms with Crippen molar-refractivity contribution in [2.45, 2.75) is 19.6 Å². The highest BCUT2D eigenvalue weighted by Gasteiger charge is 2.22. The van der Waals surface area contributed by atoms with Crippen LogP contribution in [0.1, 0.15) is 11.1 Å². The van der Waals surface area contributed by atoms with Crippen LogP contribution in [0.15, 0.2) is 65.5 Å². The first-order chi connectivity index (χ1) is 16.1. The zero-order valence-corrected chi connectivity index (χ0v) is 18.9. The molecule has 6 heteroatoms. The monoisotopic (exact) mass is 443 g/mol. The molecule has 5 rings (SSSR count). The molecular weight excluding hydrogens is 418 g/mol. The zero-order valence-electron chi connectivity index (χ0n) is 18.9. The number of benzene rings is 3. The van der Waals surface area contributed by atoms with Crippen LogP contribution in [-0.2, 0) is 19.6 Å². The lowest BCUT2D eigenvalue weighted by molar-refractivity contribution is 0.284. The van der Waals surface area contributed by atoms with E-state index in [9.17, 15) is 4.79 Å². The molecule has 0 saturated carbocycles. The van der Waals surface area contributed by atoms with Gasteiger partial charge in [0.1, 0.15) is 6.61 Å². The molecule has 0 N–H and O–H groups in total. The van der Waals surface area contributed by atoms with Gasteiger partial charge in [0.15, 0.2) is 23.0 Å². The van der Waals surface area contributed by atoms with Gasteiger partial charge in [-0.15, -0.1) is 0 Å². The number of hydrogen-bond acceptors (Lipinski definition) is 5. The van der Waals surface area contributed by atoms with E-state index in [1.54, 1.807) is 27.4 Å². The van der Waals surface area contributed by atoms with Crippen LogP contribution in [0.25, 0.3) is 22.0 Å². The Morgan fingerprint density at radius 3 is 2.24 bits per heavy atom. The van der Waals surface area contributed by atoms with Crippen molar-refractivity contribution in [1.82, 2.24) is 4.57 Å². The van der Waals surface area contributed by atoms with Crippen LogP contribution in [0.5, 0.6) is 23.0 Å². The summed E-state index contributed by atoms with van der Waals surface area (Å²) in [7, 11) is 4.79. The number of methoxy groups -OCH3 is 3. The molecule has 1 aromatic heterocycles. The third-order valence-electron chi connectivity index (χ3n) is 6.12. The van der Waals surface area contributed by atoms with Crippen molar-refractivity contribution in [2.75, 3.05) is 21.3 Å². The summed E-state index contributed by atoms with van der Waals surface area (Å²) in [6, 6.07) is 19.6. The first kappa shape index (κ1) is 20.9. The van der Waals surface area contributed by atoms with Crippen LogP contribution in [0.2, 0.25) is 0 Å². The molecule has 4 aromatic rings. The summed E-state index contributed by atoms with van der Waals surface area (Å²) in [4.78, 5) is 13.3. The Balaban J connectivity index is 1.60.